The summed E-state index contributed by atoms with van der Waals surface area (Å²) in [6.07, 6.45) is 0.983. The van der Waals surface area contributed by atoms with Crippen molar-refractivity contribution in [2.24, 2.45) is 0 Å². The third-order valence-electron chi connectivity index (χ3n) is 1.38. The molecule has 0 heterocycles. The third kappa shape index (κ3) is 5.64. The second-order valence-electron chi connectivity index (χ2n) is 2.52. The van der Waals surface area contributed by atoms with Crippen LogP contribution in [0, 0.1) is 0 Å². The molecule has 1 atom stereocenters. The Labute approximate surface area is 87.7 Å². The molecule has 1 N–H and O–H groups in total. The molecule has 0 fully saturated rings. The molecule has 0 radical (unpaired) electrons. The van der Waals surface area contributed by atoms with E-state index in [0.717, 1.165) is 12.8 Å². The summed E-state index contributed by atoms with van der Waals surface area (Å²) in [5.41, 5.74) is -1.20. The molecule has 0 aliphatic heterocycles. The predicted octanol–water partition coefficient (Wildman–Crippen LogP) is 1.25. The minimum atomic E-state index is -1.20. The molecule has 0 aliphatic rings. The number of rotatable bonds is 5. The summed E-state index contributed by atoms with van der Waals surface area (Å²) < 4.78 is 9.00. The number of halogens is 1. The van der Waals surface area contributed by atoms with Gasteiger partial charge in [0.25, 0.3) is 0 Å². The second-order valence-corrected chi connectivity index (χ2v) is 2.96. The molecule has 0 aliphatic carbocycles. The predicted molar refractivity (Wildman–Crippen MR) is 51.0 cm³/mol. The average Bonchev–Trinajstić information content (AvgIpc) is 2.16. The van der Waals surface area contributed by atoms with Crippen molar-refractivity contribution in [1.82, 2.24) is 5.32 Å². The smallest absolute Gasteiger partial charge is 0.408 e. The van der Waals surface area contributed by atoms with Gasteiger partial charge < -0.3 is 9.47 Å². The summed E-state index contributed by atoms with van der Waals surface area (Å²) in [6, 6.07) is 0. The normalized spacial score (nSPS) is 11.6. The fourth-order valence-electron chi connectivity index (χ4n) is 0.617. The number of alkyl carbamates (subject to hydrolysis) is 1. The monoisotopic (exact) mass is 223 g/mol. The highest BCUT2D eigenvalue weighted by molar-refractivity contribution is 6.30. The largest absolute Gasteiger partial charge is 0.467 e. The van der Waals surface area contributed by atoms with Crippen molar-refractivity contribution in [2.75, 3.05) is 13.7 Å². The van der Waals surface area contributed by atoms with E-state index in [4.69, 9.17) is 16.3 Å². The molecule has 14 heavy (non-hydrogen) atoms. The van der Waals surface area contributed by atoms with Gasteiger partial charge in [-0.25, -0.2) is 9.59 Å². The van der Waals surface area contributed by atoms with E-state index < -0.39 is 17.6 Å². The van der Waals surface area contributed by atoms with Crippen LogP contribution in [0.15, 0.2) is 0 Å². The molecule has 0 spiro atoms. The molecule has 5 nitrogen and oxygen atoms in total. The summed E-state index contributed by atoms with van der Waals surface area (Å²) >= 11 is 5.45. The summed E-state index contributed by atoms with van der Waals surface area (Å²) in [6.45, 7) is 2.28. The first-order valence-electron chi connectivity index (χ1n) is 4.27. The Morgan fingerprint density at radius 2 is 2.14 bits per heavy atom. The molecule has 1 unspecified atom stereocenters. The van der Waals surface area contributed by atoms with Crippen LogP contribution in [-0.2, 0) is 14.3 Å². The van der Waals surface area contributed by atoms with E-state index in [1.807, 2.05) is 6.92 Å². The lowest BCUT2D eigenvalue weighted by Gasteiger charge is -2.09. The Morgan fingerprint density at radius 1 is 1.50 bits per heavy atom. The van der Waals surface area contributed by atoms with Gasteiger partial charge in [-0.2, -0.15) is 0 Å². The molecule has 82 valence electrons. The van der Waals surface area contributed by atoms with Crippen molar-refractivity contribution in [3.05, 3.63) is 0 Å². The van der Waals surface area contributed by atoms with Gasteiger partial charge in [0.15, 0.2) is 0 Å². The molecule has 0 aromatic rings. The molecular weight excluding hydrogens is 210 g/mol. The molecule has 0 rings (SSSR count). The molecule has 0 bridgehead atoms. The lowest BCUT2D eigenvalue weighted by atomic mass is 10.4. The first-order chi connectivity index (χ1) is 6.61. The Hall–Kier alpha value is -0.970. The van der Waals surface area contributed by atoms with E-state index in [0.29, 0.717) is 6.61 Å². The van der Waals surface area contributed by atoms with E-state index in [-0.39, 0.29) is 0 Å². The number of amides is 1. The van der Waals surface area contributed by atoms with E-state index in [9.17, 15) is 9.59 Å². The highest BCUT2D eigenvalue weighted by atomic mass is 35.5. The molecule has 0 saturated carbocycles. The Bertz CT molecular complexity index is 198. The van der Waals surface area contributed by atoms with E-state index in [1.54, 1.807) is 0 Å². The number of carbonyl (C=O) groups is 2. The average molecular weight is 224 g/mol. The zero-order chi connectivity index (χ0) is 11.0. The SMILES string of the molecule is CCCCOC(=O)NC(Cl)C(=O)OC. The van der Waals surface area contributed by atoms with Crippen LogP contribution >= 0.6 is 11.6 Å². The van der Waals surface area contributed by atoms with Gasteiger partial charge in [0.05, 0.1) is 13.7 Å². The number of hydrogen-bond acceptors (Lipinski definition) is 4. The maximum Gasteiger partial charge on any atom is 0.408 e. The lowest BCUT2D eigenvalue weighted by Crippen LogP contribution is -2.37. The maximum atomic E-state index is 10.9. The molecule has 0 aromatic carbocycles. The number of alkyl halides is 1. The van der Waals surface area contributed by atoms with Crippen LogP contribution in [-0.4, -0.2) is 31.3 Å². The van der Waals surface area contributed by atoms with Crippen molar-refractivity contribution in [3.8, 4) is 0 Å². The molecule has 0 aromatic heterocycles. The summed E-state index contributed by atoms with van der Waals surface area (Å²) in [7, 11) is 1.18. The van der Waals surface area contributed by atoms with Gasteiger partial charge >= 0.3 is 12.1 Å². The van der Waals surface area contributed by atoms with Crippen LogP contribution in [0.1, 0.15) is 19.8 Å². The number of carbonyl (C=O) groups excluding carboxylic acids is 2. The number of esters is 1. The third-order valence-corrected chi connectivity index (χ3v) is 1.67. The summed E-state index contributed by atoms with van der Waals surface area (Å²) in [4.78, 5) is 21.7. The standard InChI is InChI=1S/C8H14ClNO4/c1-3-4-5-14-8(12)10-6(9)7(11)13-2/h6H,3-5H2,1-2H3,(H,10,12). The van der Waals surface area contributed by atoms with Crippen LogP contribution in [0.5, 0.6) is 0 Å². The summed E-state index contributed by atoms with van der Waals surface area (Å²) in [5.74, 6) is -0.723. The minimum absolute atomic E-state index is 0.313. The van der Waals surface area contributed by atoms with E-state index in [2.05, 4.69) is 10.1 Å². The first kappa shape index (κ1) is 13.0. The number of methoxy groups -OCH3 is 1. The fourth-order valence-corrected chi connectivity index (χ4v) is 0.795. The molecule has 1 amide bonds. The van der Waals surface area contributed by atoms with Gasteiger partial charge in [-0.15, -0.1) is 0 Å². The lowest BCUT2D eigenvalue weighted by molar-refractivity contribution is -0.140. The highest BCUT2D eigenvalue weighted by Gasteiger charge is 2.18. The van der Waals surface area contributed by atoms with Crippen LogP contribution in [0.25, 0.3) is 0 Å². The number of hydrogen-bond donors (Lipinski definition) is 1. The minimum Gasteiger partial charge on any atom is -0.467 e. The van der Waals surface area contributed by atoms with Crippen molar-refractivity contribution in [2.45, 2.75) is 25.3 Å². The quantitative estimate of drug-likeness (QED) is 0.330. The van der Waals surface area contributed by atoms with Gasteiger partial charge in [0.1, 0.15) is 0 Å². The molecular formula is C8H14ClNO4. The van der Waals surface area contributed by atoms with Crippen molar-refractivity contribution in [3.63, 3.8) is 0 Å². The Kier molecular flexibility index (Phi) is 6.92. The number of ether oxygens (including phenoxy) is 2. The van der Waals surface area contributed by atoms with Crippen LogP contribution in [0.3, 0.4) is 0 Å². The zero-order valence-electron chi connectivity index (χ0n) is 8.21. The van der Waals surface area contributed by atoms with Gasteiger partial charge in [-0.1, -0.05) is 24.9 Å². The van der Waals surface area contributed by atoms with Crippen molar-refractivity contribution >= 4 is 23.7 Å². The van der Waals surface area contributed by atoms with Crippen molar-refractivity contribution < 1.29 is 19.1 Å². The Morgan fingerprint density at radius 3 is 2.64 bits per heavy atom. The Balaban J connectivity index is 3.65. The van der Waals surface area contributed by atoms with Crippen molar-refractivity contribution in [1.29, 1.82) is 0 Å². The molecule has 6 heteroatoms. The van der Waals surface area contributed by atoms with Crippen LogP contribution in [0.2, 0.25) is 0 Å². The van der Waals surface area contributed by atoms with Gasteiger partial charge in [-0.3, -0.25) is 5.32 Å². The topological polar surface area (TPSA) is 64.6 Å². The maximum absolute atomic E-state index is 10.9. The summed E-state index contributed by atoms with van der Waals surface area (Å²) in [5, 5.41) is 2.12. The number of unbranched alkanes of at least 4 members (excludes halogenated alkanes) is 1. The zero-order valence-corrected chi connectivity index (χ0v) is 8.97. The van der Waals surface area contributed by atoms with Crippen LogP contribution in [0.4, 0.5) is 4.79 Å². The molecule has 0 saturated heterocycles. The first-order valence-corrected chi connectivity index (χ1v) is 4.70. The van der Waals surface area contributed by atoms with Gasteiger partial charge in [0.2, 0.25) is 5.50 Å². The fraction of sp³-hybridized carbons (Fsp3) is 0.750. The highest BCUT2D eigenvalue weighted by Crippen LogP contribution is 1.95. The van der Waals surface area contributed by atoms with Crippen LogP contribution < -0.4 is 5.32 Å². The van der Waals surface area contributed by atoms with E-state index >= 15 is 0 Å². The van der Waals surface area contributed by atoms with E-state index in [1.165, 1.54) is 7.11 Å². The second kappa shape index (κ2) is 7.44. The van der Waals surface area contributed by atoms with Gasteiger partial charge in [-0.05, 0) is 6.42 Å². The number of nitrogens with one attached hydrogen (secondary N) is 1. The van der Waals surface area contributed by atoms with Gasteiger partial charge in [0, 0.05) is 0 Å².